The zero-order chi connectivity index (χ0) is 20.8. The quantitative estimate of drug-likeness (QED) is 0.423. The fourth-order valence-corrected chi connectivity index (χ4v) is 3.85. The lowest BCUT2D eigenvalue weighted by molar-refractivity contribution is 0.0965. The molecule has 0 aliphatic rings. The molecule has 0 fully saturated rings. The minimum absolute atomic E-state index is 0.351. The first-order valence-electron chi connectivity index (χ1n) is 8.53. The Morgan fingerprint density at radius 1 is 0.897 bits per heavy atom. The van der Waals surface area contributed by atoms with E-state index >= 15 is 0 Å². The van der Waals surface area contributed by atoms with Gasteiger partial charge < -0.3 is 0 Å². The van der Waals surface area contributed by atoms with Crippen LogP contribution in [0, 0.1) is 13.8 Å². The van der Waals surface area contributed by atoms with E-state index in [1.165, 1.54) is 11.8 Å². The number of hydrogen-bond donors (Lipinski definition) is 2. The van der Waals surface area contributed by atoms with Gasteiger partial charge in [-0.1, -0.05) is 11.6 Å². The Kier molecular flexibility index (Phi) is 7.13. The van der Waals surface area contributed by atoms with Crippen molar-refractivity contribution in [2.45, 2.75) is 28.8 Å². The van der Waals surface area contributed by atoms with Crippen molar-refractivity contribution < 1.29 is 9.59 Å². The Labute approximate surface area is 182 Å². The van der Waals surface area contributed by atoms with Crippen LogP contribution in [-0.4, -0.2) is 21.9 Å². The summed E-state index contributed by atoms with van der Waals surface area (Å²) in [7, 11) is 0. The molecule has 3 aromatic rings. The van der Waals surface area contributed by atoms with Crippen LogP contribution in [0.5, 0.6) is 0 Å². The van der Waals surface area contributed by atoms with E-state index in [4.69, 9.17) is 11.6 Å². The van der Waals surface area contributed by atoms with Gasteiger partial charge in [-0.05, 0) is 92.2 Å². The molecule has 0 atom stereocenters. The van der Waals surface area contributed by atoms with Crippen LogP contribution in [0.4, 0.5) is 4.79 Å². The number of nitrogens with one attached hydrogen (secondary N) is 2. The van der Waals surface area contributed by atoms with Crippen molar-refractivity contribution in [3.63, 3.8) is 0 Å². The Hall–Kier alpha value is -2.55. The first-order chi connectivity index (χ1) is 13.9. The van der Waals surface area contributed by atoms with Gasteiger partial charge in [-0.3, -0.25) is 14.8 Å². The molecule has 1 heterocycles. The average molecular weight is 445 g/mol. The highest BCUT2D eigenvalue weighted by molar-refractivity contribution is 7.99. The van der Waals surface area contributed by atoms with Crippen LogP contribution in [0.25, 0.3) is 0 Å². The third-order valence-electron chi connectivity index (χ3n) is 3.59. The average Bonchev–Trinajstić information content (AvgIpc) is 2.67. The number of rotatable bonds is 5. The van der Waals surface area contributed by atoms with E-state index in [1.54, 1.807) is 24.3 Å². The van der Waals surface area contributed by atoms with Gasteiger partial charge in [-0.2, -0.15) is 0 Å². The molecule has 0 aliphatic carbocycles. The number of carbonyl (C=O) groups excluding carboxylic acids is 2. The Morgan fingerprint density at radius 2 is 1.48 bits per heavy atom. The monoisotopic (exact) mass is 444 g/mol. The predicted molar refractivity (Wildman–Crippen MR) is 115 cm³/mol. The second-order valence-corrected chi connectivity index (χ2v) is 8.36. The molecular weight excluding hydrogens is 428 g/mol. The number of urea groups is 1. The molecular formula is C20H17ClN4O2S2. The first kappa shape index (κ1) is 21.2. The summed E-state index contributed by atoms with van der Waals surface area (Å²) in [6, 6.07) is 15.2. The van der Waals surface area contributed by atoms with Crippen molar-refractivity contribution in [3.05, 3.63) is 76.6 Å². The van der Waals surface area contributed by atoms with Crippen molar-refractivity contribution in [3.8, 4) is 0 Å². The van der Waals surface area contributed by atoms with Crippen LogP contribution < -0.4 is 10.0 Å². The van der Waals surface area contributed by atoms with Crippen LogP contribution in [0.2, 0.25) is 5.02 Å². The van der Waals surface area contributed by atoms with E-state index in [2.05, 4.69) is 20.0 Å². The van der Waals surface area contributed by atoms with Gasteiger partial charge >= 0.3 is 6.03 Å². The molecule has 2 N–H and O–H groups in total. The third kappa shape index (κ3) is 6.49. The molecule has 2 aromatic carbocycles. The SMILES string of the molecule is Cc1cc(C)nc(Sc2ccc(SNC(=O)NC(=O)c3ccc(Cl)cc3)cc2)n1. The normalized spacial score (nSPS) is 10.4. The lowest BCUT2D eigenvalue weighted by Gasteiger charge is -2.07. The van der Waals surface area contributed by atoms with Crippen LogP contribution in [0.1, 0.15) is 21.7 Å². The summed E-state index contributed by atoms with van der Waals surface area (Å²) in [4.78, 5) is 34.6. The van der Waals surface area contributed by atoms with Gasteiger partial charge in [0.15, 0.2) is 5.16 Å². The van der Waals surface area contributed by atoms with Gasteiger partial charge in [-0.15, -0.1) is 0 Å². The van der Waals surface area contributed by atoms with Crippen molar-refractivity contribution in [1.82, 2.24) is 20.0 Å². The number of nitrogens with zero attached hydrogens (tertiary/aromatic N) is 2. The zero-order valence-electron chi connectivity index (χ0n) is 15.6. The van der Waals surface area contributed by atoms with E-state index < -0.39 is 11.9 Å². The molecule has 0 radical (unpaired) electrons. The van der Waals surface area contributed by atoms with Crippen molar-refractivity contribution >= 4 is 47.2 Å². The molecule has 3 rings (SSSR count). The van der Waals surface area contributed by atoms with Gasteiger partial charge in [0.05, 0.1) is 0 Å². The summed E-state index contributed by atoms with van der Waals surface area (Å²) >= 11 is 8.37. The highest BCUT2D eigenvalue weighted by Crippen LogP contribution is 2.27. The molecule has 9 heteroatoms. The lowest BCUT2D eigenvalue weighted by Crippen LogP contribution is -2.36. The van der Waals surface area contributed by atoms with Crippen molar-refractivity contribution in [1.29, 1.82) is 0 Å². The first-order valence-corrected chi connectivity index (χ1v) is 10.5. The van der Waals surface area contributed by atoms with Crippen LogP contribution in [0.3, 0.4) is 0 Å². The maximum Gasteiger partial charge on any atom is 0.331 e. The van der Waals surface area contributed by atoms with E-state index in [1.807, 2.05) is 44.2 Å². The Morgan fingerprint density at radius 3 is 2.10 bits per heavy atom. The molecule has 6 nitrogen and oxygen atoms in total. The third-order valence-corrected chi connectivity index (χ3v) is 5.51. The number of imide groups is 1. The predicted octanol–water partition coefficient (Wildman–Crippen LogP) is 5.04. The fourth-order valence-electron chi connectivity index (χ4n) is 2.33. The fraction of sp³-hybridized carbons (Fsp3) is 0.100. The maximum atomic E-state index is 12.0. The smallest absolute Gasteiger partial charge is 0.277 e. The van der Waals surface area contributed by atoms with Gasteiger partial charge in [0.25, 0.3) is 5.91 Å². The van der Waals surface area contributed by atoms with E-state index in [9.17, 15) is 9.59 Å². The minimum atomic E-state index is -0.600. The summed E-state index contributed by atoms with van der Waals surface area (Å²) in [5.74, 6) is -0.500. The summed E-state index contributed by atoms with van der Waals surface area (Å²) in [6.07, 6.45) is 0. The Balaban J connectivity index is 1.51. The van der Waals surface area contributed by atoms with Gasteiger partial charge in [-0.25, -0.2) is 14.8 Å². The molecule has 0 bridgehead atoms. The van der Waals surface area contributed by atoms with Crippen molar-refractivity contribution in [2.24, 2.45) is 0 Å². The molecule has 0 aliphatic heterocycles. The summed E-state index contributed by atoms with van der Waals surface area (Å²) < 4.78 is 2.58. The highest BCUT2D eigenvalue weighted by atomic mass is 35.5. The summed E-state index contributed by atoms with van der Waals surface area (Å²) in [6.45, 7) is 3.87. The number of aromatic nitrogens is 2. The Bertz CT molecular complexity index is 1010. The van der Waals surface area contributed by atoms with E-state index in [0.29, 0.717) is 15.7 Å². The molecule has 29 heavy (non-hydrogen) atoms. The van der Waals surface area contributed by atoms with Crippen molar-refractivity contribution in [2.75, 3.05) is 0 Å². The molecule has 0 unspecified atom stereocenters. The molecule has 0 spiro atoms. The highest BCUT2D eigenvalue weighted by Gasteiger charge is 2.10. The number of carbonyl (C=O) groups is 2. The number of hydrogen-bond acceptors (Lipinski definition) is 6. The van der Waals surface area contributed by atoms with E-state index in [-0.39, 0.29) is 0 Å². The van der Waals surface area contributed by atoms with Crippen LogP contribution in [0.15, 0.2) is 69.5 Å². The van der Waals surface area contributed by atoms with Gasteiger partial charge in [0, 0.05) is 31.8 Å². The number of amides is 3. The second kappa shape index (κ2) is 9.78. The molecule has 1 aromatic heterocycles. The maximum absolute atomic E-state index is 12.0. The minimum Gasteiger partial charge on any atom is -0.277 e. The summed E-state index contributed by atoms with van der Waals surface area (Å²) in [5, 5.41) is 3.48. The number of halogens is 1. The van der Waals surface area contributed by atoms with Crippen LogP contribution >= 0.6 is 35.3 Å². The molecule has 0 saturated heterocycles. The molecule has 3 amide bonds. The largest absolute Gasteiger partial charge is 0.331 e. The van der Waals surface area contributed by atoms with E-state index in [0.717, 1.165) is 33.1 Å². The summed E-state index contributed by atoms with van der Waals surface area (Å²) in [5.41, 5.74) is 2.20. The number of aryl methyl sites for hydroxylation is 2. The van der Waals surface area contributed by atoms with Crippen LogP contribution in [-0.2, 0) is 0 Å². The zero-order valence-corrected chi connectivity index (χ0v) is 18.0. The second-order valence-electron chi connectivity index (χ2n) is 6.00. The molecule has 0 saturated carbocycles. The lowest BCUT2D eigenvalue weighted by atomic mass is 10.2. The van der Waals surface area contributed by atoms with Gasteiger partial charge in [0.1, 0.15) is 0 Å². The standard InChI is InChI=1S/C20H17ClN4O2S2/c1-12-11-13(2)23-20(22-12)28-16-7-9-17(10-8-16)29-25-19(27)24-18(26)14-3-5-15(21)6-4-14/h3-11H,1-2H3,(H2,24,25,26,27). The van der Waals surface area contributed by atoms with Gasteiger partial charge in [0.2, 0.25) is 0 Å². The number of benzene rings is 2. The molecule has 148 valence electrons. The topological polar surface area (TPSA) is 84.0 Å².